The van der Waals surface area contributed by atoms with Crippen LogP contribution in [0.15, 0.2) is 12.7 Å². The Labute approximate surface area is 100 Å². The summed E-state index contributed by atoms with van der Waals surface area (Å²) in [7, 11) is 0. The highest BCUT2D eigenvalue weighted by Gasteiger charge is 2.35. The summed E-state index contributed by atoms with van der Waals surface area (Å²) in [4.78, 5) is 12.0. The quantitative estimate of drug-likeness (QED) is 0.538. The van der Waals surface area contributed by atoms with Gasteiger partial charge in [0.2, 0.25) is 0 Å². The monoisotopic (exact) mass is 226 g/mol. The number of esters is 1. The van der Waals surface area contributed by atoms with Crippen LogP contribution in [0.4, 0.5) is 0 Å². The predicted molar refractivity (Wildman–Crippen MR) is 68.2 cm³/mol. The summed E-state index contributed by atoms with van der Waals surface area (Å²) in [6.45, 7) is 16.5. The van der Waals surface area contributed by atoms with Crippen molar-refractivity contribution in [2.45, 2.75) is 48.0 Å². The Morgan fingerprint density at radius 2 is 1.75 bits per heavy atom. The first-order valence-electron chi connectivity index (χ1n) is 5.85. The van der Waals surface area contributed by atoms with E-state index in [1.807, 2.05) is 0 Å². The van der Waals surface area contributed by atoms with Crippen LogP contribution in [-0.4, -0.2) is 12.6 Å². The molecule has 16 heavy (non-hydrogen) atoms. The number of rotatable bonds is 4. The van der Waals surface area contributed by atoms with E-state index in [9.17, 15) is 4.79 Å². The van der Waals surface area contributed by atoms with Crippen molar-refractivity contribution >= 4 is 5.97 Å². The highest BCUT2D eigenvalue weighted by Crippen LogP contribution is 2.36. The Morgan fingerprint density at radius 1 is 1.25 bits per heavy atom. The Kier molecular flexibility index (Phi) is 5.24. The molecule has 94 valence electrons. The smallest absolute Gasteiger partial charge is 0.309 e. The van der Waals surface area contributed by atoms with Crippen LogP contribution in [0.2, 0.25) is 0 Å². The number of carbonyl (C=O) groups is 1. The van der Waals surface area contributed by atoms with Crippen LogP contribution in [0.1, 0.15) is 48.0 Å². The lowest BCUT2D eigenvalue weighted by Gasteiger charge is -2.33. The SMILES string of the molecule is C=CCOC(=O)C(CC(C)(C)C)C(C)(C)C. The zero-order chi connectivity index (χ0) is 13.0. The molecule has 0 bridgehead atoms. The fraction of sp³-hybridized carbons (Fsp3) is 0.786. The molecule has 0 spiro atoms. The van der Waals surface area contributed by atoms with Crippen molar-refractivity contribution in [2.75, 3.05) is 6.61 Å². The first kappa shape index (κ1) is 15.2. The van der Waals surface area contributed by atoms with Gasteiger partial charge in [0.15, 0.2) is 0 Å². The summed E-state index contributed by atoms with van der Waals surface area (Å²) in [5.74, 6) is -0.172. The minimum absolute atomic E-state index is 0.0625. The number of ether oxygens (including phenoxy) is 1. The summed E-state index contributed by atoms with van der Waals surface area (Å²) >= 11 is 0. The maximum atomic E-state index is 12.0. The Hall–Kier alpha value is -0.790. The van der Waals surface area contributed by atoms with E-state index in [1.54, 1.807) is 6.08 Å². The fourth-order valence-corrected chi connectivity index (χ4v) is 1.60. The fourth-order valence-electron chi connectivity index (χ4n) is 1.60. The van der Waals surface area contributed by atoms with Gasteiger partial charge in [0.1, 0.15) is 6.61 Å². The van der Waals surface area contributed by atoms with Gasteiger partial charge in [0.25, 0.3) is 0 Å². The van der Waals surface area contributed by atoms with Gasteiger partial charge >= 0.3 is 5.97 Å². The van der Waals surface area contributed by atoms with E-state index in [4.69, 9.17) is 4.74 Å². The van der Waals surface area contributed by atoms with E-state index < -0.39 is 0 Å². The highest BCUT2D eigenvalue weighted by atomic mass is 16.5. The third-order valence-corrected chi connectivity index (χ3v) is 2.49. The lowest BCUT2D eigenvalue weighted by molar-refractivity contribution is -0.152. The molecule has 0 aliphatic heterocycles. The van der Waals surface area contributed by atoms with Crippen molar-refractivity contribution in [1.82, 2.24) is 0 Å². The average molecular weight is 226 g/mol. The second-order valence-corrected chi connectivity index (χ2v) is 6.60. The zero-order valence-corrected chi connectivity index (χ0v) is 11.6. The maximum Gasteiger partial charge on any atom is 0.309 e. The van der Waals surface area contributed by atoms with Crippen LogP contribution >= 0.6 is 0 Å². The summed E-state index contributed by atoms with van der Waals surface area (Å²) in [5.41, 5.74) is 0.0661. The number of carbonyl (C=O) groups excluding carboxylic acids is 1. The third kappa shape index (κ3) is 5.94. The van der Waals surface area contributed by atoms with E-state index in [2.05, 4.69) is 48.1 Å². The molecule has 2 heteroatoms. The molecule has 0 saturated carbocycles. The minimum atomic E-state index is -0.109. The van der Waals surface area contributed by atoms with Gasteiger partial charge in [-0.1, -0.05) is 54.2 Å². The molecule has 0 saturated heterocycles. The van der Waals surface area contributed by atoms with Crippen LogP contribution in [0, 0.1) is 16.7 Å². The largest absolute Gasteiger partial charge is 0.461 e. The molecule has 0 rings (SSSR count). The molecule has 0 aliphatic carbocycles. The molecule has 0 aromatic carbocycles. The number of hydrogen-bond donors (Lipinski definition) is 0. The zero-order valence-electron chi connectivity index (χ0n) is 11.6. The lowest BCUT2D eigenvalue weighted by atomic mass is 9.72. The molecule has 2 nitrogen and oxygen atoms in total. The molecule has 0 N–H and O–H groups in total. The molecule has 0 amide bonds. The predicted octanol–water partition coefficient (Wildman–Crippen LogP) is 3.81. The van der Waals surface area contributed by atoms with Crippen LogP contribution in [0.5, 0.6) is 0 Å². The molecule has 0 radical (unpaired) electrons. The van der Waals surface area contributed by atoms with Crippen molar-refractivity contribution in [2.24, 2.45) is 16.7 Å². The summed E-state index contributed by atoms with van der Waals surface area (Å²) in [6.07, 6.45) is 2.45. The summed E-state index contributed by atoms with van der Waals surface area (Å²) in [5, 5.41) is 0. The van der Waals surface area contributed by atoms with Gasteiger partial charge in [-0.2, -0.15) is 0 Å². The second kappa shape index (κ2) is 5.51. The Morgan fingerprint density at radius 3 is 2.06 bits per heavy atom. The van der Waals surface area contributed by atoms with Crippen molar-refractivity contribution in [1.29, 1.82) is 0 Å². The van der Waals surface area contributed by atoms with Gasteiger partial charge in [-0.25, -0.2) is 0 Å². The average Bonchev–Trinajstić information content (AvgIpc) is 2.07. The normalized spacial score (nSPS) is 14.4. The Balaban J connectivity index is 4.68. The van der Waals surface area contributed by atoms with Gasteiger partial charge in [-0.05, 0) is 17.3 Å². The van der Waals surface area contributed by atoms with Crippen molar-refractivity contribution in [3.05, 3.63) is 12.7 Å². The molecular formula is C14H26O2. The molecule has 0 aromatic rings. The molecule has 0 fully saturated rings. The lowest BCUT2D eigenvalue weighted by Crippen LogP contribution is -2.33. The molecular weight excluding hydrogens is 200 g/mol. The second-order valence-electron chi connectivity index (χ2n) is 6.60. The van der Waals surface area contributed by atoms with E-state index in [0.717, 1.165) is 6.42 Å². The molecule has 0 aliphatic rings. The first-order valence-corrected chi connectivity index (χ1v) is 5.85. The molecule has 1 atom stereocenters. The van der Waals surface area contributed by atoms with Crippen LogP contribution in [0.3, 0.4) is 0 Å². The number of hydrogen-bond acceptors (Lipinski definition) is 2. The third-order valence-electron chi connectivity index (χ3n) is 2.49. The standard InChI is InChI=1S/C14H26O2/c1-8-9-16-12(15)11(14(5,6)7)10-13(2,3)4/h8,11H,1,9-10H2,2-7H3. The van der Waals surface area contributed by atoms with Gasteiger partial charge in [0, 0.05) is 0 Å². The molecule has 1 unspecified atom stereocenters. The van der Waals surface area contributed by atoms with Gasteiger partial charge < -0.3 is 4.74 Å². The van der Waals surface area contributed by atoms with E-state index in [-0.39, 0.29) is 22.7 Å². The van der Waals surface area contributed by atoms with Crippen LogP contribution < -0.4 is 0 Å². The maximum absolute atomic E-state index is 12.0. The van der Waals surface area contributed by atoms with Gasteiger partial charge in [-0.3, -0.25) is 4.79 Å². The van der Waals surface area contributed by atoms with Crippen molar-refractivity contribution in [3.63, 3.8) is 0 Å². The topological polar surface area (TPSA) is 26.3 Å². The summed E-state index contributed by atoms with van der Waals surface area (Å²) < 4.78 is 5.17. The van der Waals surface area contributed by atoms with Gasteiger partial charge in [-0.15, -0.1) is 0 Å². The summed E-state index contributed by atoms with van der Waals surface area (Å²) in [6, 6.07) is 0. The first-order chi connectivity index (χ1) is 7.08. The van der Waals surface area contributed by atoms with Crippen LogP contribution in [-0.2, 0) is 9.53 Å². The highest BCUT2D eigenvalue weighted by molar-refractivity contribution is 5.73. The molecule has 0 heterocycles. The van der Waals surface area contributed by atoms with Crippen molar-refractivity contribution in [3.8, 4) is 0 Å². The minimum Gasteiger partial charge on any atom is -0.461 e. The van der Waals surface area contributed by atoms with Crippen LogP contribution in [0.25, 0.3) is 0 Å². The Bertz CT molecular complexity index is 240. The van der Waals surface area contributed by atoms with E-state index in [1.165, 1.54) is 0 Å². The van der Waals surface area contributed by atoms with Gasteiger partial charge in [0.05, 0.1) is 5.92 Å². The van der Waals surface area contributed by atoms with E-state index in [0.29, 0.717) is 6.61 Å². The van der Waals surface area contributed by atoms with E-state index >= 15 is 0 Å². The van der Waals surface area contributed by atoms with Crippen molar-refractivity contribution < 1.29 is 9.53 Å². The molecule has 0 aromatic heterocycles.